The molecule has 0 aliphatic carbocycles. The molecule has 3 rings (SSSR count). The van der Waals surface area contributed by atoms with Crippen molar-refractivity contribution in [1.29, 1.82) is 0 Å². The van der Waals surface area contributed by atoms with Gasteiger partial charge in [0.2, 0.25) is 0 Å². The highest BCUT2D eigenvalue weighted by atomic mass is 19.4. The number of nitrogens with one attached hydrogen (secondary N) is 1. The van der Waals surface area contributed by atoms with E-state index in [9.17, 15) is 13.2 Å². The Morgan fingerprint density at radius 2 is 2.13 bits per heavy atom. The van der Waals surface area contributed by atoms with Crippen LogP contribution in [-0.4, -0.2) is 38.7 Å². The molecule has 8 heteroatoms. The molecule has 0 bridgehead atoms. The van der Waals surface area contributed by atoms with Crippen LogP contribution in [0.25, 0.3) is 5.70 Å². The summed E-state index contributed by atoms with van der Waals surface area (Å²) in [6.07, 6.45) is -1.74. The van der Waals surface area contributed by atoms with Gasteiger partial charge in [-0.05, 0) is 24.3 Å². The van der Waals surface area contributed by atoms with Crippen LogP contribution in [-0.2, 0) is 9.57 Å². The molecule has 0 amide bonds. The van der Waals surface area contributed by atoms with Crippen LogP contribution < -0.4 is 15.0 Å². The minimum absolute atomic E-state index is 0.0343. The molecule has 0 saturated carbocycles. The first-order valence-electron chi connectivity index (χ1n) is 7.03. The molecule has 5 nitrogen and oxygen atoms in total. The van der Waals surface area contributed by atoms with Crippen LogP contribution in [0.4, 0.5) is 13.2 Å². The number of hydrogen-bond donors (Lipinski definition) is 1. The van der Waals surface area contributed by atoms with Gasteiger partial charge in [-0.3, -0.25) is 10.3 Å². The summed E-state index contributed by atoms with van der Waals surface area (Å²) in [4.78, 5) is 5.58. The maximum Gasteiger partial charge on any atom is 0.422 e. The van der Waals surface area contributed by atoms with Crippen molar-refractivity contribution < 1.29 is 32.2 Å². The van der Waals surface area contributed by atoms with Gasteiger partial charge in [0.15, 0.2) is 18.1 Å². The Kier molecular flexibility index (Phi) is 4.11. The van der Waals surface area contributed by atoms with Gasteiger partial charge in [-0.25, -0.2) is 0 Å². The zero-order chi connectivity index (χ0) is 16.5. The van der Waals surface area contributed by atoms with Gasteiger partial charge in [-0.15, -0.1) is 0 Å². The highest BCUT2D eigenvalue weighted by Gasteiger charge is 2.39. The second-order valence-corrected chi connectivity index (χ2v) is 5.40. The van der Waals surface area contributed by atoms with Crippen LogP contribution in [0.2, 0.25) is 0 Å². The number of alkyl halides is 3. The predicted molar refractivity (Wildman–Crippen MR) is 74.9 cm³/mol. The molecule has 1 atom stereocenters. The van der Waals surface area contributed by atoms with Crippen LogP contribution in [0.5, 0.6) is 11.5 Å². The summed E-state index contributed by atoms with van der Waals surface area (Å²) in [5, 5.41) is 0. The number of hydrogen-bond acceptors (Lipinski definition) is 5. The number of hydroxylamine groups is 1. The van der Waals surface area contributed by atoms with Gasteiger partial charge in [-0.1, -0.05) is 0 Å². The highest BCUT2D eigenvalue weighted by molar-refractivity contribution is 5.68. The van der Waals surface area contributed by atoms with Crippen molar-refractivity contribution in [2.75, 3.05) is 26.9 Å². The molecule has 1 N–H and O–H groups in total. The van der Waals surface area contributed by atoms with Gasteiger partial charge < -0.3 is 14.2 Å². The van der Waals surface area contributed by atoms with Gasteiger partial charge in [0, 0.05) is 18.6 Å². The van der Waals surface area contributed by atoms with Crippen LogP contribution in [0, 0.1) is 0 Å². The molecule has 0 aromatic heterocycles. The SMILES string of the molecule is COc1cc(C2=CC3(CCOC3)ON2)ccc1OCC(F)(F)F. The normalized spacial score (nSPS) is 23.7. The summed E-state index contributed by atoms with van der Waals surface area (Å²) >= 11 is 0. The summed E-state index contributed by atoms with van der Waals surface area (Å²) < 4.78 is 52.0. The molecule has 1 aromatic rings. The van der Waals surface area contributed by atoms with Crippen molar-refractivity contribution in [3.63, 3.8) is 0 Å². The van der Waals surface area contributed by atoms with E-state index in [4.69, 9.17) is 19.0 Å². The van der Waals surface area contributed by atoms with Gasteiger partial charge in [0.25, 0.3) is 0 Å². The smallest absolute Gasteiger partial charge is 0.422 e. The lowest BCUT2D eigenvalue weighted by atomic mass is 10.0. The average Bonchev–Trinajstić information content (AvgIpc) is 3.15. The monoisotopic (exact) mass is 331 g/mol. The lowest BCUT2D eigenvalue weighted by Gasteiger charge is -2.15. The van der Waals surface area contributed by atoms with Gasteiger partial charge in [0.1, 0.15) is 5.60 Å². The van der Waals surface area contributed by atoms with E-state index in [1.165, 1.54) is 13.2 Å². The summed E-state index contributed by atoms with van der Waals surface area (Å²) in [6.45, 7) is -0.278. The molecule has 1 saturated heterocycles. The Morgan fingerprint density at radius 1 is 1.30 bits per heavy atom. The molecule has 0 radical (unpaired) electrons. The lowest BCUT2D eigenvalue weighted by molar-refractivity contribution is -0.153. The summed E-state index contributed by atoms with van der Waals surface area (Å²) in [5.41, 5.74) is 3.80. The molecule has 2 heterocycles. The first-order valence-corrected chi connectivity index (χ1v) is 7.03. The maximum atomic E-state index is 12.3. The molecule has 2 aliphatic rings. The van der Waals surface area contributed by atoms with Crippen molar-refractivity contribution in [3.05, 3.63) is 29.8 Å². The molecule has 1 unspecified atom stereocenters. The molecule has 2 aliphatic heterocycles. The number of ether oxygens (including phenoxy) is 3. The van der Waals surface area contributed by atoms with E-state index in [1.54, 1.807) is 12.1 Å². The summed E-state index contributed by atoms with van der Waals surface area (Å²) in [7, 11) is 1.37. The van der Waals surface area contributed by atoms with Crippen molar-refractivity contribution in [2.45, 2.75) is 18.2 Å². The van der Waals surface area contributed by atoms with Gasteiger partial charge in [-0.2, -0.15) is 13.2 Å². The predicted octanol–water partition coefficient (Wildman–Crippen LogP) is 2.67. The third-order valence-electron chi connectivity index (χ3n) is 3.65. The fourth-order valence-electron chi connectivity index (χ4n) is 2.49. The summed E-state index contributed by atoms with van der Waals surface area (Å²) in [6, 6.07) is 4.69. The largest absolute Gasteiger partial charge is 0.493 e. The lowest BCUT2D eigenvalue weighted by Crippen LogP contribution is -2.29. The second kappa shape index (κ2) is 5.93. The van der Waals surface area contributed by atoms with Crippen molar-refractivity contribution in [2.24, 2.45) is 0 Å². The number of methoxy groups -OCH3 is 1. The van der Waals surface area contributed by atoms with E-state index < -0.39 is 18.4 Å². The Morgan fingerprint density at radius 3 is 2.78 bits per heavy atom. The first kappa shape index (κ1) is 15.9. The van der Waals surface area contributed by atoms with E-state index in [1.807, 2.05) is 6.08 Å². The Bertz CT molecular complexity index is 609. The molecule has 126 valence electrons. The number of rotatable bonds is 4. The molecule has 23 heavy (non-hydrogen) atoms. The van der Waals surface area contributed by atoms with E-state index in [2.05, 4.69) is 5.48 Å². The van der Waals surface area contributed by atoms with Crippen LogP contribution >= 0.6 is 0 Å². The molecule has 1 fully saturated rings. The fourth-order valence-corrected chi connectivity index (χ4v) is 2.49. The van der Waals surface area contributed by atoms with Crippen LogP contribution in [0.15, 0.2) is 24.3 Å². The number of halogens is 3. The Labute approximate surface area is 130 Å². The molecule has 1 aromatic carbocycles. The van der Waals surface area contributed by atoms with E-state index in [0.717, 1.165) is 17.7 Å². The summed E-state index contributed by atoms with van der Waals surface area (Å²) in [5.74, 6) is 0.255. The molecular formula is C15H16F3NO4. The quantitative estimate of drug-likeness (QED) is 0.919. The van der Waals surface area contributed by atoms with Crippen molar-refractivity contribution in [3.8, 4) is 11.5 Å². The van der Waals surface area contributed by atoms with Crippen molar-refractivity contribution >= 4 is 5.70 Å². The third kappa shape index (κ3) is 3.53. The molecule has 1 spiro atoms. The zero-order valence-corrected chi connectivity index (χ0v) is 12.4. The Balaban J connectivity index is 1.79. The number of benzene rings is 1. The fraction of sp³-hybridized carbons (Fsp3) is 0.467. The van der Waals surface area contributed by atoms with E-state index >= 15 is 0 Å². The van der Waals surface area contributed by atoms with Crippen LogP contribution in [0.3, 0.4) is 0 Å². The zero-order valence-electron chi connectivity index (χ0n) is 12.4. The van der Waals surface area contributed by atoms with E-state index in [0.29, 0.717) is 13.2 Å². The first-order chi connectivity index (χ1) is 10.9. The molecular weight excluding hydrogens is 315 g/mol. The Hall–Kier alpha value is -1.93. The third-order valence-corrected chi connectivity index (χ3v) is 3.65. The maximum absolute atomic E-state index is 12.3. The highest BCUT2D eigenvalue weighted by Crippen LogP contribution is 2.36. The average molecular weight is 331 g/mol. The van der Waals surface area contributed by atoms with Crippen molar-refractivity contribution in [1.82, 2.24) is 5.48 Å². The van der Waals surface area contributed by atoms with Crippen LogP contribution in [0.1, 0.15) is 12.0 Å². The topological polar surface area (TPSA) is 49.0 Å². The minimum Gasteiger partial charge on any atom is -0.493 e. The van der Waals surface area contributed by atoms with Gasteiger partial charge >= 0.3 is 6.18 Å². The minimum atomic E-state index is -4.40. The van der Waals surface area contributed by atoms with Gasteiger partial charge in [0.05, 0.1) is 19.4 Å². The second-order valence-electron chi connectivity index (χ2n) is 5.40. The van der Waals surface area contributed by atoms with E-state index in [-0.39, 0.29) is 11.5 Å². The standard InChI is InChI=1S/C15H16F3NO4/c1-20-13-6-10(2-3-12(13)22-9-15(16,17)18)11-7-14(23-19-11)4-5-21-8-14/h2-3,6-7,19H,4-5,8-9H2,1H3.